The van der Waals surface area contributed by atoms with Gasteiger partial charge in [-0.2, -0.15) is 13.2 Å². The number of likely N-dealkylation sites (N-methyl/N-ethyl adjacent to an activating group) is 1. The molecule has 0 bridgehead atoms. The second-order valence-corrected chi connectivity index (χ2v) is 7.35. The van der Waals surface area contributed by atoms with Crippen molar-refractivity contribution in [1.82, 2.24) is 4.90 Å². The highest BCUT2D eigenvalue weighted by molar-refractivity contribution is 6.31. The van der Waals surface area contributed by atoms with E-state index in [0.29, 0.717) is 0 Å². The molecule has 0 spiro atoms. The highest BCUT2D eigenvalue weighted by atomic mass is 35.5. The molecule has 1 N–H and O–H groups in total. The Morgan fingerprint density at radius 2 is 2.03 bits per heavy atom. The van der Waals surface area contributed by atoms with Crippen molar-refractivity contribution in [3.63, 3.8) is 0 Å². The molecule has 4 nitrogen and oxygen atoms in total. The van der Waals surface area contributed by atoms with Crippen molar-refractivity contribution < 1.29 is 27.1 Å². The van der Waals surface area contributed by atoms with Crippen molar-refractivity contribution >= 4 is 23.4 Å². The highest BCUT2D eigenvalue weighted by Crippen LogP contribution is 2.37. The molecule has 2 aromatic rings. The number of benzene rings is 2. The summed E-state index contributed by atoms with van der Waals surface area (Å²) in [6, 6.07) is 6.42. The summed E-state index contributed by atoms with van der Waals surface area (Å²) in [5, 5.41) is 2.33. The van der Waals surface area contributed by atoms with Gasteiger partial charge >= 0.3 is 12.3 Å². The van der Waals surface area contributed by atoms with E-state index >= 15 is 0 Å². The summed E-state index contributed by atoms with van der Waals surface area (Å²) in [7, 11) is 1.94. The minimum Gasteiger partial charge on any atom is -0.448 e. The molecule has 1 heterocycles. The van der Waals surface area contributed by atoms with Crippen LogP contribution in [0.25, 0.3) is 11.1 Å². The Bertz CT molecular complexity index is 905. The van der Waals surface area contributed by atoms with Crippen LogP contribution < -0.4 is 5.32 Å². The van der Waals surface area contributed by atoms with Gasteiger partial charge in [0.05, 0.1) is 11.3 Å². The normalized spacial score (nSPS) is 17.4. The van der Waals surface area contributed by atoms with E-state index in [4.69, 9.17) is 16.3 Å². The van der Waals surface area contributed by atoms with E-state index in [1.54, 1.807) is 0 Å². The summed E-state index contributed by atoms with van der Waals surface area (Å²) in [6.45, 7) is 1.11. The van der Waals surface area contributed by atoms with Crippen molar-refractivity contribution in [2.75, 3.05) is 25.5 Å². The van der Waals surface area contributed by atoms with Crippen LogP contribution in [0.5, 0.6) is 0 Å². The Kier molecular flexibility index (Phi) is 6.33. The monoisotopic (exact) mass is 430 g/mol. The maximum absolute atomic E-state index is 13.8. The SMILES string of the molecule is CN1CCCC1COC(=O)Nc1ccc(F)cc1-c1cc(Cl)cc(C(F)(F)F)c1. The standard InChI is InChI=1S/C20H19ClF4N2O2/c1-27-6-2-3-16(27)11-29-19(28)26-18-5-4-15(22)10-17(18)12-7-13(20(23,24)25)9-14(21)8-12/h4-5,7-10,16H,2-3,6,11H2,1H3,(H,26,28). The number of nitrogens with zero attached hydrogens (tertiary/aromatic N) is 1. The number of ether oxygens (including phenoxy) is 1. The Balaban J connectivity index is 1.83. The number of anilines is 1. The van der Waals surface area contributed by atoms with Gasteiger partial charge in [0.2, 0.25) is 0 Å². The average molecular weight is 431 g/mol. The first kappa shape index (κ1) is 21.4. The molecule has 0 radical (unpaired) electrons. The zero-order valence-electron chi connectivity index (χ0n) is 15.5. The van der Waals surface area contributed by atoms with Gasteiger partial charge in [0.1, 0.15) is 12.4 Å². The topological polar surface area (TPSA) is 41.6 Å². The van der Waals surface area contributed by atoms with Crippen molar-refractivity contribution in [2.45, 2.75) is 25.1 Å². The molecule has 1 amide bonds. The molecular weight excluding hydrogens is 412 g/mol. The summed E-state index contributed by atoms with van der Waals surface area (Å²) in [4.78, 5) is 14.3. The van der Waals surface area contributed by atoms with Crippen LogP contribution in [0.15, 0.2) is 36.4 Å². The van der Waals surface area contributed by atoms with Crippen LogP contribution in [0.3, 0.4) is 0 Å². The third kappa shape index (κ3) is 5.39. The molecule has 2 aromatic carbocycles. The van der Waals surface area contributed by atoms with Gasteiger partial charge in [0.15, 0.2) is 0 Å². The Hall–Kier alpha value is -2.32. The first-order valence-electron chi connectivity index (χ1n) is 8.95. The number of halogens is 5. The minimum atomic E-state index is -4.62. The molecule has 9 heteroatoms. The number of nitrogens with one attached hydrogen (secondary N) is 1. The summed E-state index contributed by atoms with van der Waals surface area (Å²) in [5.74, 6) is -0.667. The van der Waals surface area contributed by atoms with Crippen molar-refractivity contribution in [1.29, 1.82) is 0 Å². The maximum atomic E-state index is 13.8. The lowest BCUT2D eigenvalue weighted by Gasteiger charge is -2.19. The van der Waals surface area contributed by atoms with Crippen LogP contribution in [0, 0.1) is 5.82 Å². The van der Waals surface area contributed by atoms with Gasteiger partial charge in [0.25, 0.3) is 0 Å². The summed E-state index contributed by atoms with van der Waals surface area (Å²) < 4.78 is 58.3. The molecule has 0 aromatic heterocycles. The lowest BCUT2D eigenvalue weighted by molar-refractivity contribution is -0.137. The van der Waals surface area contributed by atoms with E-state index in [1.807, 2.05) is 7.05 Å². The lowest BCUT2D eigenvalue weighted by Crippen LogP contribution is -2.31. The van der Waals surface area contributed by atoms with Crippen molar-refractivity contribution in [3.05, 3.63) is 52.8 Å². The molecule has 29 heavy (non-hydrogen) atoms. The van der Waals surface area contributed by atoms with Crippen LogP contribution in [0.4, 0.5) is 28.0 Å². The Morgan fingerprint density at radius 1 is 1.28 bits per heavy atom. The summed E-state index contributed by atoms with van der Waals surface area (Å²) >= 11 is 5.83. The van der Waals surface area contributed by atoms with E-state index in [0.717, 1.165) is 43.7 Å². The smallest absolute Gasteiger partial charge is 0.416 e. The number of hydrogen-bond acceptors (Lipinski definition) is 3. The molecule has 1 saturated heterocycles. The fraction of sp³-hybridized carbons (Fsp3) is 0.350. The average Bonchev–Trinajstić information content (AvgIpc) is 3.05. The minimum absolute atomic E-state index is 0.0233. The number of carbonyl (C=O) groups excluding carboxylic acids is 1. The van der Waals surface area contributed by atoms with Crippen LogP contribution in [0.2, 0.25) is 5.02 Å². The fourth-order valence-corrected chi connectivity index (χ4v) is 3.52. The first-order valence-corrected chi connectivity index (χ1v) is 9.33. The zero-order valence-corrected chi connectivity index (χ0v) is 16.3. The van der Waals surface area contributed by atoms with Gasteiger partial charge in [0, 0.05) is 16.6 Å². The van der Waals surface area contributed by atoms with Gasteiger partial charge < -0.3 is 9.64 Å². The van der Waals surface area contributed by atoms with Gasteiger partial charge in [-0.15, -0.1) is 0 Å². The summed E-state index contributed by atoms with van der Waals surface area (Å²) in [6.07, 6.45) is -3.46. The van der Waals surface area contributed by atoms with E-state index in [2.05, 4.69) is 10.2 Å². The lowest BCUT2D eigenvalue weighted by atomic mass is 10.0. The van der Waals surface area contributed by atoms with Crippen molar-refractivity contribution in [2.24, 2.45) is 0 Å². The van der Waals surface area contributed by atoms with Gasteiger partial charge in [-0.25, -0.2) is 9.18 Å². The highest BCUT2D eigenvalue weighted by Gasteiger charge is 2.31. The van der Waals surface area contributed by atoms with Crippen molar-refractivity contribution in [3.8, 4) is 11.1 Å². The Labute approximate surface area is 170 Å². The van der Waals surface area contributed by atoms with Crippen LogP contribution in [0.1, 0.15) is 18.4 Å². The number of alkyl halides is 3. The third-order valence-corrected chi connectivity index (χ3v) is 5.05. The van der Waals surface area contributed by atoms with E-state index < -0.39 is 23.7 Å². The molecule has 1 aliphatic heterocycles. The molecular formula is C20H19ClF4N2O2. The largest absolute Gasteiger partial charge is 0.448 e. The molecule has 3 rings (SSSR count). The second kappa shape index (κ2) is 8.59. The summed E-state index contributed by atoms with van der Waals surface area (Å²) in [5.41, 5.74) is -0.767. The first-order chi connectivity index (χ1) is 13.6. The van der Waals surface area contributed by atoms with Gasteiger partial charge in [-0.1, -0.05) is 11.6 Å². The third-order valence-electron chi connectivity index (χ3n) is 4.83. The van der Waals surface area contributed by atoms with E-state index in [9.17, 15) is 22.4 Å². The van der Waals surface area contributed by atoms with Crippen LogP contribution in [-0.4, -0.2) is 37.2 Å². The fourth-order valence-electron chi connectivity index (χ4n) is 3.28. The number of carbonyl (C=O) groups is 1. The second-order valence-electron chi connectivity index (χ2n) is 6.92. The predicted octanol–water partition coefficient (Wildman–Crippen LogP) is 5.81. The maximum Gasteiger partial charge on any atom is 0.416 e. The molecule has 1 unspecified atom stereocenters. The van der Waals surface area contributed by atoms with Gasteiger partial charge in [-0.05, 0) is 68.4 Å². The number of hydrogen-bond donors (Lipinski definition) is 1. The number of amides is 1. The number of likely N-dealkylation sites (tertiary alicyclic amines) is 1. The molecule has 1 aliphatic rings. The molecule has 1 fully saturated rings. The Morgan fingerprint density at radius 3 is 2.69 bits per heavy atom. The number of rotatable bonds is 4. The van der Waals surface area contributed by atoms with E-state index in [1.165, 1.54) is 12.1 Å². The van der Waals surface area contributed by atoms with Crippen LogP contribution >= 0.6 is 11.6 Å². The molecule has 1 atom stereocenters. The predicted molar refractivity (Wildman–Crippen MR) is 102 cm³/mol. The zero-order chi connectivity index (χ0) is 21.2. The quantitative estimate of drug-likeness (QED) is 0.622. The van der Waals surface area contributed by atoms with E-state index in [-0.39, 0.29) is 34.5 Å². The molecule has 0 saturated carbocycles. The van der Waals surface area contributed by atoms with Gasteiger partial charge in [-0.3, -0.25) is 5.32 Å². The molecule has 0 aliphatic carbocycles. The van der Waals surface area contributed by atoms with Crippen LogP contribution in [-0.2, 0) is 10.9 Å². The molecule has 156 valence electrons.